The van der Waals surface area contributed by atoms with Gasteiger partial charge in [-0.15, -0.1) is 0 Å². The number of hydrogen-bond acceptors (Lipinski definition) is 2. The molecule has 0 aliphatic heterocycles. The van der Waals surface area contributed by atoms with Crippen molar-refractivity contribution in [2.45, 2.75) is 20.3 Å². The molecule has 144 valence electrons. The standard InChI is InChI=1S/C24H23ClO3/c1-16(2)12-13-28-23-11-10-19(25)15-22(23)21-9-4-3-8-20(21)17-6-5-7-18(14-17)24(26)27/h3-11,14-16H,12-13H2,1-2H3,(H,26,27). The molecular weight excluding hydrogens is 372 g/mol. The van der Waals surface area contributed by atoms with Crippen LogP contribution in [0.2, 0.25) is 5.02 Å². The molecule has 0 radical (unpaired) electrons. The van der Waals surface area contributed by atoms with Gasteiger partial charge in [0.1, 0.15) is 5.75 Å². The Hall–Kier alpha value is -2.78. The average Bonchev–Trinajstić information content (AvgIpc) is 2.69. The van der Waals surface area contributed by atoms with E-state index >= 15 is 0 Å². The minimum Gasteiger partial charge on any atom is -0.493 e. The normalized spacial score (nSPS) is 10.9. The Kier molecular flexibility index (Phi) is 6.37. The van der Waals surface area contributed by atoms with Crippen molar-refractivity contribution in [2.75, 3.05) is 6.61 Å². The van der Waals surface area contributed by atoms with Gasteiger partial charge in [0, 0.05) is 10.6 Å². The first-order valence-corrected chi connectivity index (χ1v) is 9.69. The van der Waals surface area contributed by atoms with Crippen LogP contribution in [0.1, 0.15) is 30.6 Å². The Bertz CT molecular complexity index is 979. The van der Waals surface area contributed by atoms with Crippen molar-refractivity contribution in [3.8, 4) is 28.0 Å². The van der Waals surface area contributed by atoms with Gasteiger partial charge in [0.15, 0.2) is 0 Å². The molecular formula is C24H23ClO3. The zero-order chi connectivity index (χ0) is 20.1. The molecule has 4 heteroatoms. The molecule has 0 aliphatic rings. The van der Waals surface area contributed by atoms with Crippen LogP contribution in [0.15, 0.2) is 66.7 Å². The van der Waals surface area contributed by atoms with Crippen LogP contribution in [0.4, 0.5) is 0 Å². The predicted octanol–water partition coefficient (Wildman–Crippen LogP) is 6.80. The van der Waals surface area contributed by atoms with Crippen LogP contribution in [0, 0.1) is 5.92 Å². The fraction of sp³-hybridized carbons (Fsp3) is 0.208. The molecule has 0 unspecified atom stereocenters. The second-order valence-electron chi connectivity index (χ2n) is 7.10. The third kappa shape index (κ3) is 4.73. The van der Waals surface area contributed by atoms with E-state index in [0.29, 0.717) is 17.5 Å². The number of carboxylic acid groups (broad SMARTS) is 1. The maximum absolute atomic E-state index is 11.4. The molecule has 28 heavy (non-hydrogen) atoms. The number of ether oxygens (including phenoxy) is 1. The highest BCUT2D eigenvalue weighted by molar-refractivity contribution is 6.31. The fourth-order valence-corrected chi connectivity index (χ4v) is 3.20. The summed E-state index contributed by atoms with van der Waals surface area (Å²) in [7, 11) is 0. The van der Waals surface area contributed by atoms with Crippen molar-refractivity contribution >= 4 is 17.6 Å². The number of halogens is 1. The summed E-state index contributed by atoms with van der Waals surface area (Å²) in [5.74, 6) is 0.383. The van der Waals surface area contributed by atoms with Gasteiger partial charge in [-0.25, -0.2) is 4.79 Å². The van der Waals surface area contributed by atoms with Crippen molar-refractivity contribution in [1.82, 2.24) is 0 Å². The molecule has 0 bridgehead atoms. The van der Waals surface area contributed by atoms with Crippen molar-refractivity contribution in [1.29, 1.82) is 0 Å². The van der Waals surface area contributed by atoms with Crippen molar-refractivity contribution < 1.29 is 14.6 Å². The van der Waals surface area contributed by atoms with Gasteiger partial charge in [-0.05, 0) is 59.4 Å². The molecule has 3 aromatic carbocycles. The summed E-state index contributed by atoms with van der Waals surface area (Å²) in [6, 6.07) is 20.4. The first kappa shape index (κ1) is 20.0. The molecule has 0 fully saturated rings. The lowest BCUT2D eigenvalue weighted by Crippen LogP contribution is -2.02. The molecule has 0 amide bonds. The van der Waals surface area contributed by atoms with Gasteiger partial charge >= 0.3 is 5.97 Å². The van der Waals surface area contributed by atoms with Crippen LogP contribution >= 0.6 is 11.6 Å². The Labute approximate surface area is 170 Å². The van der Waals surface area contributed by atoms with E-state index in [0.717, 1.165) is 34.4 Å². The third-order valence-corrected chi connectivity index (χ3v) is 4.77. The van der Waals surface area contributed by atoms with Gasteiger partial charge in [-0.3, -0.25) is 0 Å². The van der Waals surface area contributed by atoms with E-state index in [-0.39, 0.29) is 5.56 Å². The summed E-state index contributed by atoms with van der Waals surface area (Å²) in [5, 5.41) is 9.95. The third-order valence-electron chi connectivity index (χ3n) is 4.53. The molecule has 0 saturated heterocycles. The van der Waals surface area contributed by atoms with Crippen molar-refractivity contribution in [3.63, 3.8) is 0 Å². The summed E-state index contributed by atoms with van der Waals surface area (Å²) >= 11 is 6.28. The second-order valence-corrected chi connectivity index (χ2v) is 7.54. The monoisotopic (exact) mass is 394 g/mol. The summed E-state index contributed by atoms with van der Waals surface area (Å²) < 4.78 is 6.06. The van der Waals surface area contributed by atoms with Gasteiger partial charge in [-0.2, -0.15) is 0 Å². The number of rotatable bonds is 7. The molecule has 0 heterocycles. The van der Waals surface area contributed by atoms with Crippen LogP contribution in [-0.2, 0) is 0 Å². The molecule has 0 saturated carbocycles. The van der Waals surface area contributed by atoms with Crippen molar-refractivity contribution in [3.05, 3.63) is 77.3 Å². The summed E-state index contributed by atoms with van der Waals surface area (Å²) in [4.78, 5) is 11.4. The van der Waals surface area contributed by atoms with E-state index < -0.39 is 5.97 Å². The number of aromatic carboxylic acids is 1. The van der Waals surface area contributed by atoms with Gasteiger partial charge < -0.3 is 9.84 Å². The van der Waals surface area contributed by atoms with Gasteiger partial charge in [0.05, 0.1) is 12.2 Å². The van der Waals surface area contributed by atoms with E-state index in [4.69, 9.17) is 16.3 Å². The zero-order valence-corrected chi connectivity index (χ0v) is 16.7. The second kappa shape index (κ2) is 8.94. The fourth-order valence-electron chi connectivity index (χ4n) is 3.03. The first-order chi connectivity index (χ1) is 13.5. The number of benzene rings is 3. The molecule has 1 N–H and O–H groups in total. The Morgan fingerprint density at radius 2 is 1.71 bits per heavy atom. The highest BCUT2D eigenvalue weighted by Crippen LogP contribution is 2.39. The minimum atomic E-state index is -0.945. The zero-order valence-electron chi connectivity index (χ0n) is 16.0. The van der Waals surface area contributed by atoms with E-state index in [1.165, 1.54) is 0 Å². The largest absolute Gasteiger partial charge is 0.493 e. The lowest BCUT2D eigenvalue weighted by Gasteiger charge is -2.16. The maximum atomic E-state index is 11.4. The van der Waals surface area contributed by atoms with E-state index in [1.807, 2.05) is 48.5 Å². The smallest absolute Gasteiger partial charge is 0.335 e. The maximum Gasteiger partial charge on any atom is 0.335 e. The van der Waals surface area contributed by atoms with Gasteiger partial charge in [-0.1, -0.05) is 61.8 Å². The Morgan fingerprint density at radius 3 is 2.43 bits per heavy atom. The van der Waals surface area contributed by atoms with E-state index in [9.17, 15) is 9.90 Å². The first-order valence-electron chi connectivity index (χ1n) is 9.31. The Morgan fingerprint density at radius 1 is 0.964 bits per heavy atom. The van der Waals surface area contributed by atoms with E-state index in [2.05, 4.69) is 13.8 Å². The number of carboxylic acids is 1. The topological polar surface area (TPSA) is 46.5 Å². The number of carbonyl (C=O) groups is 1. The molecule has 0 spiro atoms. The minimum absolute atomic E-state index is 0.256. The van der Waals surface area contributed by atoms with Gasteiger partial charge in [0.25, 0.3) is 0 Å². The van der Waals surface area contributed by atoms with Gasteiger partial charge in [0.2, 0.25) is 0 Å². The molecule has 3 nitrogen and oxygen atoms in total. The predicted molar refractivity (Wildman–Crippen MR) is 114 cm³/mol. The van der Waals surface area contributed by atoms with Crippen molar-refractivity contribution in [2.24, 2.45) is 5.92 Å². The SMILES string of the molecule is CC(C)CCOc1ccc(Cl)cc1-c1ccccc1-c1cccc(C(=O)O)c1. The number of hydrogen-bond donors (Lipinski definition) is 1. The van der Waals surface area contributed by atoms with Crippen LogP contribution in [0.5, 0.6) is 5.75 Å². The average molecular weight is 395 g/mol. The molecule has 0 aromatic heterocycles. The molecule has 3 aromatic rings. The molecule has 0 atom stereocenters. The quantitative estimate of drug-likeness (QED) is 0.479. The van der Waals surface area contributed by atoms with Crippen LogP contribution in [-0.4, -0.2) is 17.7 Å². The van der Waals surface area contributed by atoms with Crippen LogP contribution in [0.3, 0.4) is 0 Å². The lowest BCUT2D eigenvalue weighted by atomic mass is 9.93. The highest BCUT2D eigenvalue weighted by Gasteiger charge is 2.14. The molecule has 0 aliphatic carbocycles. The summed E-state index contributed by atoms with van der Waals surface area (Å²) in [5.41, 5.74) is 3.87. The van der Waals surface area contributed by atoms with Crippen LogP contribution < -0.4 is 4.74 Å². The van der Waals surface area contributed by atoms with Crippen LogP contribution in [0.25, 0.3) is 22.3 Å². The van der Waals surface area contributed by atoms with E-state index in [1.54, 1.807) is 18.2 Å². The summed E-state index contributed by atoms with van der Waals surface area (Å²) in [6.45, 7) is 4.96. The highest BCUT2D eigenvalue weighted by atomic mass is 35.5. The summed E-state index contributed by atoms with van der Waals surface area (Å²) in [6.07, 6.45) is 0.963. The molecule has 3 rings (SSSR count). The lowest BCUT2D eigenvalue weighted by molar-refractivity contribution is 0.0697. The Balaban J connectivity index is 2.07.